The van der Waals surface area contributed by atoms with Crippen molar-refractivity contribution >= 4 is 21.4 Å². The van der Waals surface area contributed by atoms with E-state index in [2.05, 4.69) is 5.32 Å². The molecule has 0 aliphatic carbocycles. The zero-order valence-electron chi connectivity index (χ0n) is 10.2. The van der Waals surface area contributed by atoms with Gasteiger partial charge in [0.2, 0.25) is 5.91 Å². The van der Waals surface area contributed by atoms with Crippen LogP contribution in [-0.2, 0) is 21.2 Å². The Kier molecular flexibility index (Phi) is 3.68. The SMILES string of the molecule is CS(=O)(=O)CCN1C(=O)CNCc2ccccc21. The molecule has 2 rings (SSSR count). The summed E-state index contributed by atoms with van der Waals surface area (Å²) < 4.78 is 22.4. The van der Waals surface area contributed by atoms with Crippen molar-refractivity contribution in [2.45, 2.75) is 6.54 Å². The van der Waals surface area contributed by atoms with Crippen LogP contribution in [0.1, 0.15) is 5.56 Å². The van der Waals surface area contributed by atoms with Crippen LogP contribution in [0.5, 0.6) is 0 Å². The lowest BCUT2D eigenvalue weighted by atomic mass is 10.1. The molecular weight excluding hydrogens is 252 g/mol. The first-order valence-corrected chi connectivity index (χ1v) is 7.80. The first-order valence-electron chi connectivity index (χ1n) is 5.74. The lowest BCUT2D eigenvalue weighted by molar-refractivity contribution is -0.117. The highest BCUT2D eigenvalue weighted by Crippen LogP contribution is 2.22. The maximum absolute atomic E-state index is 12.0. The summed E-state index contributed by atoms with van der Waals surface area (Å²) in [5, 5.41) is 3.04. The van der Waals surface area contributed by atoms with E-state index in [-0.39, 0.29) is 24.7 Å². The lowest BCUT2D eigenvalue weighted by Gasteiger charge is -2.22. The van der Waals surface area contributed by atoms with Crippen LogP contribution in [0.4, 0.5) is 5.69 Å². The first kappa shape index (κ1) is 13.0. The van der Waals surface area contributed by atoms with Crippen molar-refractivity contribution in [3.8, 4) is 0 Å². The van der Waals surface area contributed by atoms with Crippen LogP contribution >= 0.6 is 0 Å². The molecule has 0 spiro atoms. The summed E-state index contributed by atoms with van der Waals surface area (Å²) in [5.74, 6) is -0.115. The van der Waals surface area contributed by atoms with E-state index in [9.17, 15) is 13.2 Å². The summed E-state index contributed by atoms with van der Waals surface area (Å²) in [6, 6.07) is 7.55. The van der Waals surface area contributed by atoms with Gasteiger partial charge in [-0.2, -0.15) is 0 Å². The fourth-order valence-electron chi connectivity index (χ4n) is 1.96. The van der Waals surface area contributed by atoms with Gasteiger partial charge in [-0.25, -0.2) is 8.42 Å². The molecule has 0 aromatic heterocycles. The molecule has 5 nitrogen and oxygen atoms in total. The molecule has 1 aromatic carbocycles. The number of sulfone groups is 1. The molecule has 0 bridgehead atoms. The van der Waals surface area contributed by atoms with Gasteiger partial charge in [0.1, 0.15) is 9.84 Å². The average Bonchev–Trinajstić information content (AvgIpc) is 2.44. The van der Waals surface area contributed by atoms with Gasteiger partial charge in [0.25, 0.3) is 0 Å². The van der Waals surface area contributed by atoms with E-state index in [0.717, 1.165) is 11.3 Å². The van der Waals surface area contributed by atoms with Crippen molar-refractivity contribution in [1.29, 1.82) is 0 Å². The molecule has 0 saturated carbocycles. The van der Waals surface area contributed by atoms with E-state index in [1.54, 1.807) is 4.90 Å². The fraction of sp³-hybridized carbons (Fsp3) is 0.417. The monoisotopic (exact) mass is 268 g/mol. The molecule has 0 fully saturated rings. The summed E-state index contributed by atoms with van der Waals surface area (Å²) in [5.41, 5.74) is 1.81. The molecule has 0 unspecified atom stereocenters. The normalized spacial score (nSPS) is 16.3. The predicted molar refractivity (Wildman–Crippen MR) is 70.2 cm³/mol. The van der Waals surface area contributed by atoms with Gasteiger partial charge in [-0.3, -0.25) is 4.79 Å². The molecule has 1 amide bonds. The maximum Gasteiger partial charge on any atom is 0.240 e. The average molecular weight is 268 g/mol. The van der Waals surface area contributed by atoms with Gasteiger partial charge in [0.15, 0.2) is 0 Å². The lowest BCUT2D eigenvalue weighted by Crippen LogP contribution is -2.38. The molecule has 6 heteroatoms. The largest absolute Gasteiger partial charge is 0.310 e. The molecule has 0 saturated heterocycles. The van der Waals surface area contributed by atoms with Gasteiger partial charge in [-0.1, -0.05) is 18.2 Å². The van der Waals surface area contributed by atoms with Gasteiger partial charge < -0.3 is 10.2 Å². The highest BCUT2D eigenvalue weighted by atomic mass is 32.2. The molecular formula is C12H16N2O3S. The van der Waals surface area contributed by atoms with Gasteiger partial charge in [0, 0.05) is 25.0 Å². The molecule has 98 valence electrons. The number of rotatable bonds is 3. The Balaban J connectivity index is 2.28. The number of amides is 1. The number of carbonyl (C=O) groups is 1. The van der Waals surface area contributed by atoms with Crippen LogP contribution in [0.3, 0.4) is 0 Å². The maximum atomic E-state index is 12.0. The number of para-hydroxylation sites is 1. The van der Waals surface area contributed by atoms with Crippen molar-refractivity contribution in [3.63, 3.8) is 0 Å². The minimum atomic E-state index is -3.08. The third kappa shape index (κ3) is 3.08. The van der Waals surface area contributed by atoms with Gasteiger partial charge >= 0.3 is 0 Å². The number of carbonyl (C=O) groups excluding carboxylic acids is 1. The van der Waals surface area contributed by atoms with Crippen molar-refractivity contribution in [1.82, 2.24) is 5.32 Å². The van der Waals surface area contributed by atoms with E-state index >= 15 is 0 Å². The van der Waals surface area contributed by atoms with Crippen molar-refractivity contribution in [3.05, 3.63) is 29.8 Å². The molecule has 1 aliphatic heterocycles. The summed E-state index contributed by atoms with van der Waals surface area (Å²) in [6.07, 6.45) is 1.18. The number of fused-ring (bicyclic) bond motifs is 1. The van der Waals surface area contributed by atoms with Crippen LogP contribution < -0.4 is 10.2 Å². The molecule has 0 atom stereocenters. The number of benzene rings is 1. The van der Waals surface area contributed by atoms with E-state index in [1.807, 2.05) is 24.3 Å². The zero-order valence-corrected chi connectivity index (χ0v) is 11.0. The molecule has 1 aliphatic rings. The second-order valence-corrected chi connectivity index (χ2v) is 6.67. The quantitative estimate of drug-likeness (QED) is 0.848. The molecule has 1 heterocycles. The zero-order chi connectivity index (χ0) is 13.2. The number of nitrogens with one attached hydrogen (secondary N) is 1. The number of hydrogen-bond acceptors (Lipinski definition) is 4. The fourth-order valence-corrected chi connectivity index (χ4v) is 2.47. The third-order valence-corrected chi connectivity index (χ3v) is 3.78. The van der Waals surface area contributed by atoms with Crippen molar-refractivity contribution in [2.75, 3.05) is 30.0 Å². The molecule has 1 aromatic rings. The van der Waals surface area contributed by atoms with Crippen molar-refractivity contribution < 1.29 is 13.2 Å². The summed E-state index contributed by atoms with van der Waals surface area (Å²) in [7, 11) is -3.08. The number of hydrogen-bond donors (Lipinski definition) is 1. The summed E-state index contributed by atoms with van der Waals surface area (Å²) in [4.78, 5) is 13.5. The Labute approximate surface area is 107 Å². The second kappa shape index (κ2) is 5.07. The Hall–Kier alpha value is -1.40. The minimum absolute atomic E-state index is 0.0208. The molecule has 18 heavy (non-hydrogen) atoms. The van der Waals surface area contributed by atoms with Crippen LogP contribution in [0.15, 0.2) is 24.3 Å². The summed E-state index contributed by atoms with van der Waals surface area (Å²) in [6.45, 7) is 1.06. The molecule has 1 N–H and O–H groups in total. The van der Waals surface area contributed by atoms with Crippen LogP contribution in [0.25, 0.3) is 0 Å². The van der Waals surface area contributed by atoms with Gasteiger partial charge in [0.05, 0.1) is 12.3 Å². The van der Waals surface area contributed by atoms with E-state index < -0.39 is 9.84 Å². The predicted octanol–water partition coefficient (Wildman–Crippen LogP) is 0.167. The van der Waals surface area contributed by atoms with Crippen LogP contribution in [0, 0.1) is 0 Å². The standard InChI is InChI=1S/C12H16N2O3S/c1-18(16,17)7-6-14-11-5-3-2-4-10(11)8-13-9-12(14)15/h2-5,13H,6-9H2,1H3. The van der Waals surface area contributed by atoms with E-state index in [0.29, 0.717) is 6.54 Å². The Bertz CT molecular complexity index is 554. The Morgan fingerprint density at radius 2 is 2.00 bits per heavy atom. The topological polar surface area (TPSA) is 66.5 Å². The summed E-state index contributed by atoms with van der Waals surface area (Å²) >= 11 is 0. The number of anilines is 1. The van der Waals surface area contributed by atoms with Crippen LogP contribution in [0.2, 0.25) is 0 Å². The molecule has 0 radical (unpaired) electrons. The highest BCUT2D eigenvalue weighted by Gasteiger charge is 2.22. The van der Waals surface area contributed by atoms with Crippen LogP contribution in [-0.4, -0.2) is 39.4 Å². The Morgan fingerprint density at radius 3 is 2.72 bits per heavy atom. The third-order valence-electron chi connectivity index (χ3n) is 2.86. The highest BCUT2D eigenvalue weighted by molar-refractivity contribution is 7.90. The second-order valence-electron chi connectivity index (χ2n) is 4.41. The minimum Gasteiger partial charge on any atom is -0.310 e. The van der Waals surface area contributed by atoms with E-state index in [4.69, 9.17) is 0 Å². The van der Waals surface area contributed by atoms with Crippen molar-refractivity contribution in [2.24, 2.45) is 0 Å². The Morgan fingerprint density at radius 1 is 1.28 bits per heavy atom. The number of nitrogens with zero attached hydrogens (tertiary/aromatic N) is 1. The van der Waals surface area contributed by atoms with Gasteiger partial charge in [-0.15, -0.1) is 0 Å². The van der Waals surface area contributed by atoms with Gasteiger partial charge in [-0.05, 0) is 11.6 Å². The smallest absolute Gasteiger partial charge is 0.240 e. The first-order chi connectivity index (χ1) is 8.47. The van der Waals surface area contributed by atoms with E-state index in [1.165, 1.54) is 6.26 Å².